The topological polar surface area (TPSA) is 48.9 Å². The van der Waals surface area contributed by atoms with Crippen molar-refractivity contribution in [3.05, 3.63) is 22.4 Å². The maximum Gasteiger partial charge on any atom is 0.191 e. The highest BCUT2D eigenvalue weighted by atomic mass is 32.1. The third-order valence-electron chi connectivity index (χ3n) is 4.20. The van der Waals surface area contributed by atoms with Crippen molar-refractivity contribution in [3.8, 4) is 0 Å². The number of morpholine rings is 1. The zero-order valence-electron chi connectivity index (χ0n) is 14.5. The first-order chi connectivity index (χ1) is 11.2. The molecule has 1 aromatic heterocycles. The van der Waals surface area contributed by atoms with E-state index < -0.39 is 0 Å². The minimum absolute atomic E-state index is 0.491. The lowest BCUT2D eigenvalue weighted by Gasteiger charge is -2.29. The smallest absolute Gasteiger partial charge is 0.191 e. The summed E-state index contributed by atoms with van der Waals surface area (Å²) >= 11 is 1.75. The largest absolute Gasteiger partial charge is 0.379 e. The SMILES string of the molecule is CN=C(NCC(C)CN1CCOCC1)NCC(C)c1ccsc1. The molecular weight excluding hydrogens is 308 g/mol. The molecule has 6 heteroatoms. The van der Waals surface area contributed by atoms with Crippen LogP contribution in [0.2, 0.25) is 0 Å². The Morgan fingerprint density at radius 3 is 2.70 bits per heavy atom. The van der Waals surface area contributed by atoms with Gasteiger partial charge in [-0.25, -0.2) is 0 Å². The molecule has 0 spiro atoms. The van der Waals surface area contributed by atoms with Crippen molar-refractivity contribution in [1.82, 2.24) is 15.5 Å². The van der Waals surface area contributed by atoms with Crippen LogP contribution in [0.3, 0.4) is 0 Å². The summed E-state index contributed by atoms with van der Waals surface area (Å²) in [5.41, 5.74) is 1.39. The molecule has 23 heavy (non-hydrogen) atoms. The molecule has 0 radical (unpaired) electrons. The molecule has 2 N–H and O–H groups in total. The third kappa shape index (κ3) is 6.49. The Morgan fingerprint density at radius 1 is 1.30 bits per heavy atom. The molecule has 1 aliphatic heterocycles. The molecule has 130 valence electrons. The Kier molecular flexibility index (Phi) is 7.85. The van der Waals surface area contributed by atoms with Crippen molar-refractivity contribution < 1.29 is 4.74 Å². The van der Waals surface area contributed by atoms with Crippen molar-refractivity contribution in [3.63, 3.8) is 0 Å². The van der Waals surface area contributed by atoms with Crippen LogP contribution in [-0.4, -0.2) is 63.8 Å². The highest BCUT2D eigenvalue weighted by Gasteiger charge is 2.14. The van der Waals surface area contributed by atoms with E-state index >= 15 is 0 Å². The van der Waals surface area contributed by atoms with Gasteiger partial charge >= 0.3 is 0 Å². The monoisotopic (exact) mass is 338 g/mol. The van der Waals surface area contributed by atoms with Gasteiger partial charge in [0.1, 0.15) is 0 Å². The number of nitrogens with zero attached hydrogens (tertiary/aromatic N) is 2. The van der Waals surface area contributed by atoms with Crippen molar-refractivity contribution in [2.45, 2.75) is 19.8 Å². The van der Waals surface area contributed by atoms with Crippen molar-refractivity contribution >= 4 is 17.3 Å². The van der Waals surface area contributed by atoms with Gasteiger partial charge in [-0.2, -0.15) is 11.3 Å². The number of guanidine groups is 1. The molecule has 0 bridgehead atoms. The molecule has 1 saturated heterocycles. The number of hydrogen-bond donors (Lipinski definition) is 2. The van der Waals surface area contributed by atoms with Crippen LogP contribution in [-0.2, 0) is 4.74 Å². The van der Waals surface area contributed by atoms with E-state index in [0.29, 0.717) is 11.8 Å². The van der Waals surface area contributed by atoms with Crippen LogP contribution in [0.5, 0.6) is 0 Å². The van der Waals surface area contributed by atoms with Crippen LogP contribution in [0, 0.1) is 5.92 Å². The molecule has 1 aromatic rings. The Bertz CT molecular complexity index is 457. The number of thiophene rings is 1. The molecule has 0 aliphatic carbocycles. The molecule has 2 atom stereocenters. The highest BCUT2D eigenvalue weighted by molar-refractivity contribution is 7.07. The fraction of sp³-hybridized carbons (Fsp3) is 0.706. The van der Waals surface area contributed by atoms with E-state index in [1.807, 2.05) is 7.05 Å². The normalized spacial score (nSPS) is 19.3. The third-order valence-corrected chi connectivity index (χ3v) is 4.90. The Hall–Kier alpha value is -1.11. The number of rotatable bonds is 7. The summed E-state index contributed by atoms with van der Waals surface area (Å²) < 4.78 is 5.40. The summed E-state index contributed by atoms with van der Waals surface area (Å²) in [6, 6.07) is 2.19. The molecular formula is C17H30N4OS. The number of hydrogen-bond acceptors (Lipinski definition) is 4. The van der Waals surface area contributed by atoms with Crippen LogP contribution >= 0.6 is 11.3 Å². The Balaban J connectivity index is 1.65. The summed E-state index contributed by atoms with van der Waals surface area (Å²) in [6.45, 7) is 11.3. The maximum atomic E-state index is 5.40. The fourth-order valence-electron chi connectivity index (χ4n) is 2.70. The average Bonchev–Trinajstić information content (AvgIpc) is 3.10. The maximum absolute atomic E-state index is 5.40. The predicted molar refractivity (Wildman–Crippen MR) is 98.5 cm³/mol. The molecule has 0 aromatic carbocycles. The fourth-order valence-corrected chi connectivity index (χ4v) is 3.49. The van der Waals surface area contributed by atoms with E-state index in [9.17, 15) is 0 Å². The Labute approximate surface area is 144 Å². The van der Waals surface area contributed by atoms with Gasteiger partial charge in [0.05, 0.1) is 13.2 Å². The van der Waals surface area contributed by atoms with Crippen LogP contribution in [0.25, 0.3) is 0 Å². The van der Waals surface area contributed by atoms with Crippen LogP contribution < -0.4 is 10.6 Å². The summed E-state index contributed by atoms with van der Waals surface area (Å²) in [4.78, 5) is 6.80. The lowest BCUT2D eigenvalue weighted by atomic mass is 10.1. The number of aliphatic imine (C=N–C) groups is 1. The first-order valence-electron chi connectivity index (χ1n) is 8.45. The van der Waals surface area contributed by atoms with Crippen molar-refractivity contribution in [2.24, 2.45) is 10.9 Å². The van der Waals surface area contributed by atoms with Gasteiger partial charge in [-0.1, -0.05) is 13.8 Å². The van der Waals surface area contributed by atoms with E-state index in [1.54, 1.807) is 11.3 Å². The van der Waals surface area contributed by atoms with Gasteiger partial charge in [0, 0.05) is 39.8 Å². The van der Waals surface area contributed by atoms with Crippen LogP contribution in [0.4, 0.5) is 0 Å². The van der Waals surface area contributed by atoms with E-state index in [4.69, 9.17) is 4.74 Å². The highest BCUT2D eigenvalue weighted by Crippen LogP contribution is 2.16. The van der Waals surface area contributed by atoms with Gasteiger partial charge in [0.25, 0.3) is 0 Å². The van der Waals surface area contributed by atoms with Crippen molar-refractivity contribution in [1.29, 1.82) is 0 Å². The molecule has 2 unspecified atom stereocenters. The van der Waals surface area contributed by atoms with Gasteiger partial charge in [-0.05, 0) is 34.2 Å². The summed E-state index contributed by atoms with van der Waals surface area (Å²) in [5.74, 6) is 1.97. The minimum Gasteiger partial charge on any atom is -0.379 e. The van der Waals surface area contributed by atoms with Crippen LogP contribution in [0.15, 0.2) is 21.8 Å². The lowest BCUT2D eigenvalue weighted by Crippen LogP contribution is -2.44. The van der Waals surface area contributed by atoms with E-state index in [0.717, 1.165) is 51.9 Å². The second kappa shape index (κ2) is 9.90. The first-order valence-corrected chi connectivity index (χ1v) is 9.40. The zero-order valence-corrected chi connectivity index (χ0v) is 15.4. The zero-order chi connectivity index (χ0) is 16.5. The molecule has 1 fully saturated rings. The quantitative estimate of drug-likeness (QED) is 0.590. The predicted octanol–water partition coefficient (Wildman–Crippen LogP) is 1.98. The molecule has 5 nitrogen and oxygen atoms in total. The second-order valence-corrected chi connectivity index (χ2v) is 7.09. The summed E-state index contributed by atoms with van der Waals surface area (Å²) in [7, 11) is 1.83. The number of nitrogens with one attached hydrogen (secondary N) is 2. The average molecular weight is 339 g/mol. The van der Waals surface area contributed by atoms with Gasteiger partial charge in [-0.3, -0.25) is 9.89 Å². The molecule has 0 amide bonds. The lowest BCUT2D eigenvalue weighted by molar-refractivity contribution is 0.0320. The van der Waals surface area contributed by atoms with Gasteiger partial charge in [0.2, 0.25) is 0 Å². The van der Waals surface area contributed by atoms with Crippen LogP contribution in [0.1, 0.15) is 25.3 Å². The summed E-state index contributed by atoms with van der Waals surface area (Å²) in [6.07, 6.45) is 0. The summed E-state index contributed by atoms with van der Waals surface area (Å²) in [5, 5.41) is 11.2. The van der Waals surface area contributed by atoms with E-state index in [1.165, 1.54) is 5.56 Å². The van der Waals surface area contributed by atoms with Gasteiger partial charge < -0.3 is 15.4 Å². The van der Waals surface area contributed by atoms with Crippen molar-refractivity contribution in [2.75, 3.05) is 53.0 Å². The molecule has 2 rings (SSSR count). The van der Waals surface area contributed by atoms with E-state index in [-0.39, 0.29) is 0 Å². The molecule has 1 aliphatic rings. The van der Waals surface area contributed by atoms with Gasteiger partial charge in [-0.15, -0.1) is 0 Å². The second-order valence-electron chi connectivity index (χ2n) is 6.31. The Morgan fingerprint density at radius 2 is 2.04 bits per heavy atom. The first kappa shape index (κ1) is 18.2. The molecule has 2 heterocycles. The van der Waals surface area contributed by atoms with E-state index in [2.05, 4.69) is 51.2 Å². The van der Waals surface area contributed by atoms with Gasteiger partial charge in [0.15, 0.2) is 5.96 Å². The standard InChI is InChI=1S/C17H30N4OS/c1-14(12-21-5-7-22-8-6-21)10-19-17(18-3)20-11-15(2)16-4-9-23-13-16/h4,9,13-15H,5-8,10-12H2,1-3H3,(H2,18,19,20). The minimum atomic E-state index is 0.491. The molecule has 0 saturated carbocycles. The number of ether oxygens (including phenoxy) is 1.